The van der Waals surface area contributed by atoms with Crippen molar-refractivity contribution in [2.75, 3.05) is 0 Å². The lowest BCUT2D eigenvalue weighted by Gasteiger charge is -2.13. The van der Waals surface area contributed by atoms with Crippen molar-refractivity contribution < 1.29 is 14.6 Å². The number of carboxylic acid groups (broad SMARTS) is 1. The highest BCUT2D eigenvalue weighted by molar-refractivity contribution is 9.09. The summed E-state index contributed by atoms with van der Waals surface area (Å²) in [5, 5.41) is 17.2. The fraction of sp³-hybridized carbons (Fsp3) is 0.458. The Kier molecular flexibility index (Phi) is 11.2. The minimum Gasteiger partial charge on any atom is -0.479 e. The first-order valence-corrected chi connectivity index (χ1v) is 11.7. The number of alkyl halides is 1. The minimum absolute atomic E-state index is 0.0119. The molecule has 2 aromatic rings. The monoisotopic (exact) mass is 474 g/mol. The first kappa shape index (κ1) is 24.1. The second-order valence-electron chi connectivity index (χ2n) is 7.34. The summed E-state index contributed by atoms with van der Waals surface area (Å²) >= 11 is 3.61. The summed E-state index contributed by atoms with van der Waals surface area (Å²) in [4.78, 5) is 10.9. The zero-order chi connectivity index (χ0) is 21.6. The SMILES string of the molecule is CCCCCCCCCCC(Br)Oc1ccc(N=Nc2ccc(C(=O)O)cc2)cc1. The maximum Gasteiger partial charge on any atom is 0.335 e. The molecular weight excluding hydrogens is 444 g/mol. The van der Waals surface area contributed by atoms with Crippen molar-refractivity contribution in [3.05, 3.63) is 54.1 Å². The van der Waals surface area contributed by atoms with Crippen LogP contribution >= 0.6 is 15.9 Å². The Hall–Kier alpha value is -2.21. The topological polar surface area (TPSA) is 71.2 Å². The first-order valence-electron chi connectivity index (χ1n) is 10.7. The molecule has 2 aromatic carbocycles. The molecule has 0 aliphatic rings. The Balaban J connectivity index is 1.69. The number of hydrogen-bond donors (Lipinski definition) is 1. The molecule has 0 aliphatic carbocycles. The van der Waals surface area contributed by atoms with Gasteiger partial charge in [-0.15, -0.1) is 0 Å². The number of ether oxygens (including phenoxy) is 1. The van der Waals surface area contributed by atoms with E-state index in [0.29, 0.717) is 11.4 Å². The summed E-state index contributed by atoms with van der Waals surface area (Å²) in [5.41, 5.74) is 1.54. The fourth-order valence-corrected chi connectivity index (χ4v) is 3.56. The molecule has 0 saturated carbocycles. The van der Waals surface area contributed by atoms with Crippen LogP contribution < -0.4 is 4.74 Å². The molecule has 0 spiro atoms. The molecule has 0 aliphatic heterocycles. The van der Waals surface area contributed by atoms with Crippen LogP contribution in [0.3, 0.4) is 0 Å². The van der Waals surface area contributed by atoms with Gasteiger partial charge in [0.2, 0.25) is 0 Å². The third-order valence-electron chi connectivity index (χ3n) is 4.78. The van der Waals surface area contributed by atoms with Gasteiger partial charge in [-0.25, -0.2) is 4.79 Å². The molecule has 1 unspecified atom stereocenters. The molecule has 5 nitrogen and oxygen atoms in total. The van der Waals surface area contributed by atoms with Crippen molar-refractivity contribution in [2.45, 2.75) is 69.7 Å². The maximum atomic E-state index is 10.9. The lowest BCUT2D eigenvalue weighted by Crippen LogP contribution is -2.07. The molecular formula is C24H31BrN2O3. The largest absolute Gasteiger partial charge is 0.479 e. The number of hydrogen-bond acceptors (Lipinski definition) is 4. The second-order valence-corrected chi connectivity index (χ2v) is 8.36. The van der Waals surface area contributed by atoms with Gasteiger partial charge in [0.15, 0.2) is 5.01 Å². The molecule has 1 atom stereocenters. The molecule has 0 radical (unpaired) electrons. The molecule has 1 N–H and O–H groups in total. The van der Waals surface area contributed by atoms with Crippen LogP contribution in [0.1, 0.15) is 75.1 Å². The van der Waals surface area contributed by atoms with Crippen LogP contribution in [0, 0.1) is 0 Å². The number of halogens is 1. The van der Waals surface area contributed by atoms with Gasteiger partial charge in [-0.05, 0) is 77.3 Å². The Morgan fingerprint density at radius 2 is 1.37 bits per heavy atom. The number of carbonyl (C=O) groups is 1. The quantitative estimate of drug-likeness (QED) is 0.169. The van der Waals surface area contributed by atoms with Crippen molar-refractivity contribution in [3.8, 4) is 5.75 Å². The van der Waals surface area contributed by atoms with E-state index in [1.54, 1.807) is 12.1 Å². The van der Waals surface area contributed by atoms with Crippen LogP contribution in [0.5, 0.6) is 5.75 Å². The normalized spacial score (nSPS) is 12.2. The lowest BCUT2D eigenvalue weighted by molar-refractivity contribution is 0.0697. The number of rotatable bonds is 14. The second kappa shape index (κ2) is 13.9. The van der Waals surface area contributed by atoms with Crippen LogP contribution in [-0.4, -0.2) is 16.1 Å². The van der Waals surface area contributed by atoms with Crippen molar-refractivity contribution in [3.63, 3.8) is 0 Å². The average Bonchev–Trinajstić information content (AvgIpc) is 2.75. The first-order chi connectivity index (χ1) is 14.6. The molecule has 30 heavy (non-hydrogen) atoms. The zero-order valence-electron chi connectivity index (χ0n) is 17.6. The average molecular weight is 475 g/mol. The molecule has 6 heteroatoms. The molecule has 0 bridgehead atoms. The van der Waals surface area contributed by atoms with Crippen molar-refractivity contribution in [2.24, 2.45) is 10.2 Å². The molecule has 2 rings (SSSR count). The van der Waals surface area contributed by atoms with E-state index in [2.05, 4.69) is 33.1 Å². The summed E-state index contributed by atoms with van der Waals surface area (Å²) in [6.07, 6.45) is 11.4. The molecule has 0 saturated heterocycles. The van der Waals surface area contributed by atoms with Crippen molar-refractivity contribution >= 4 is 33.3 Å². The standard InChI is InChI=1S/C24H31BrN2O3/c1-2-3-4-5-6-7-8-9-10-23(25)30-22-17-15-21(16-18-22)27-26-20-13-11-19(12-14-20)24(28)29/h11-18,23H,2-10H2,1H3,(H,28,29). The Bertz CT molecular complexity index is 776. The summed E-state index contributed by atoms with van der Waals surface area (Å²) in [7, 11) is 0. The highest BCUT2D eigenvalue weighted by atomic mass is 79.9. The van der Waals surface area contributed by atoms with Crippen LogP contribution in [0.4, 0.5) is 11.4 Å². The number of aromatic carboxylic acids is 1. The van der Waals surface area contributed by atoms with E-state index in [4.69, 9.17) is 9.84 Å². The van der Waals surface area contributed by atoms with Gasteiger partial charge in [-0.1, -0.05) is 51.9 Å². The van der Waals surface area contributed by atoms with Crippen LogP contribution in [-0.2, 0) is 0 Å². The summed E-state index contributed by atoms with van der Waals surface area (Å²) in [5.74, 6) is -0.164. The van der Waals surface area contributed by atoms with Gasteiger partial charge >= 0.3 is 5.97 Å². The zero-order valence-corrected chi connectivity index (χ0v) is 19.2. The summed E-state index contributed by atoms with van der Waals surface area (Å²) < 4.78 is 5.92. The Labute approximate surface area is 187 Å². The Morgan fingerprint density at radius 1 is 0.867 bits per heavy atom. The number of benzene rings is 2. The number of unbranched alkanes of at least 4 members (excludes halogenated alkanes) is 7. The third-order valence-corrected chi connectivity index (χ3v) is 5.43. The van der Waals surface area contributed by atoms with Gasteiger partial charge in [0.1, 0.15) is 5.75 Å². The van der Waals surface area contributed by atoms with E-state index >= 15 is 0 Å². The van der Waals surface area contributed by atoms with Crippen LogP contribution in [0.25, 0.3) is 0 Å². The predicted octanol–water partition coefficient (Wildman–Crippen LogP) is 8.43. The number of azo groups is 1. The third kappa shape index (κ3) is 9.53. The van der Waals surface area contributed by atoms with E-state index in [1.807, 2.05) is 24.3 Å². The predicted molar refractivity (Wildman–Crippen MR) is 125 cm³/mol. The number of nitrogens with zero attached hydrogens (tertiary/aromatic N) is 2. The van der Waals surface area contributed by atoms with Gasteiger partial charge in [0.05, 0.1) is 16.9 Å². The van der Waals surface area contributed by atoms with Crippen molar-refractivity contribution in [1.82, 2.24) is 0 Å². The molecule has 0 amide bonds. The summed E-state index contributed by atoms with van der Waals surface area (Å²) in [6.45, 7) is 2.25. The van der Waals surface area contributed by atoms with E-state index in [9.17, 15) is 4.79 Å². The molecule has 0 fully saturated rings. The maximum absolute atomic E-state index is 10.9. The van der Waals surface area contributed by atoms with Crippen molar-refractivity contribution in [1.29, 1.82) is 0 Å². The summed E-state index contributed by atoms with van der Waals surface area (Å²) in [6, 6.07) is 13.7. The highest BCUT2D eigenvalue weighted by Gasteiger charge is 2.06. The van der Waals surface area contributed by atoms with E-state index in [0.717, 1.165) is 18.6 Å². The van der Waals surface area contributed by atoms with Crippen LogP contribution in [0.2, 0.25) is 0 Å². The van der Waals surface area contributed by atoms with Gasteiger partial charge in [-0.3, -0.25) is 0 Å². The molecule has 0 aromatic heterocycles. The minimum atomic E-state index is -0.957. The van der Waals surface area contributed by atoms with Gasteiger partial charge in [0, 0.05) is 0 Å². The molecule has 162 valence electrons. The van der Waals surface area contributed by atoms with Gasteiger partial charge in [-0.2, -0.15) is 10.2 Å². The molecule has 0 heterocycles. The van der Waals surface area contributed by atoms with Crippen LogP contribution in [0.15, 0.2) is 58.8 Å². The van der Waals surface area contributed by atoms with E-state index in [-0.39, 0.29) is 10.6 Å². The van der Waals surface area contributed by atoms with E-state index in [1.165, 1.54) is 57.1 Å². The number of carboxylic acids is 1. The highest BCUT2D eigenvalue weighted by Crippen LogP contribution is 2.24. The van der Waals surface area contributed by atoms with Gasteiger partial charge in [0.25, 0.3) is 0 Å². The smallest absolute Gasteiger partial charge is 0.335 e. The lowest BCUT2D eigenvalue weighted by atomic mass is 10.1. The Morgan fingerprint density at radius 3 is 1.90 bits per heavy atom. The fourth-order valence-electron chi connectivity index (χ4n) is 3.02. The van der Waals surface area contributed by atoms with E-state index < -0.39 is 5.97 Å². The van der Waals surface area contributed by atoms with Gasteiger partial charge < -0.3 is 9.84 Å².